The third-order valence-electron chi connectivity index (χ3n) is 7.59. The average Bonchev–Trinajstić information content (AvgIpc) is 3.19. The number of carbonyl (C=O) groups excluding carboxylic acids is 2. The highest BCUT2D eigenvalue weighted by molar-refractivity contribution is 6.26. The number of aromatic nitrogens is 3. The number of piperidine rings is 2. The largest absolute Gasteiger partial charge is 0.571 e. The molecule has 0 spiro atoms. The number of fused-ring (bicyclic) bond motifs is 2. The molecule has 0 atom stereocenters. The van der Waals surface area contributed by atoms with Gasteiger partial charge in [0, 0.05) is 27.7 Å². The van der Waals surface area contributed by atoms with E-state index in [1.165, 1.54) is 69.3 Å². The summed E-state index contributed by atoms with van der Waals surface area (Å²) in [6.07, 6.45) is 9.06. The highest BCUT2D eigenvalue weighted by Crippen LogP contribution is 2.26. The Bertz CT molecular complexity index is 1020. The van der Waals surface area contributed by atoms with Crippen LogP contribution in [0.3, 0.4) is 0 Å². The molecular formula is C25H33N5O3. The normalized spacial score (nSPS) is 20.1. The van der Waals surface area contributed by atoms with Gasteiger partial charge in [0.05, 0.1) is 6.54 Å². The number of carbonyl (C=O) groups is 2. The minimum absolute atomic E-state index is 0.0267. The van der Waals surface area contributed by atoms with E-state index in [1.807, 2.05) is 0 Å². The Kier molecular flexibility index (Phi) is 6.55. The van der Waals surface area contributed by atoms with E-state index in [0.717, 1.165) is 19.0 Å². The van der Waals surface area contributed by atoms with E-state index in [1.54, 1.807) is 24.3 Å². The Balaban J connectivity index is 1.14. The van der Waals surface area contributed by atoms with Gasteiger partial charge in [-0.15, -0.1) is 4.68 Å². The molecule has 2 aromatic rings. The van der Waals surface area contributed by atoms with Crippen molar-refractivity contribution in [1.82, 2.24) is 19.6 Å². The molecule has 8 nitrogen and oxygen atoms in total. The van der Waals surface area contributed by atoms with Crippen molar-refractivity contribution in [3.05, 3.63) is 52.0 Å². The van der Waals surface area contributed by atoms with Gasteiger partial charge in [0.25, 0.3) is 0 Å². The van der Waals surface area contributed by atoms with Gasteiger partial charge in [-0.25, -0.2) is 0 Å². The maximum absolute atomic E-state index is 13.0. The lowest BCUT2D eigenvalue weighted by Crippen LogP contribution is -2.44. The Hall–Kier alpha value is -2.58. The smallest absolute Gasteiger partial charge is 0.220 e. The Labute approximate surface area is 194 Å². The molecule has 2 fully saturated rings. The number of nitrogens with zero attached hydrogens (tertiary/aromatic N) is 5. The fraction of sp³-hybridized carbons (Fsp3) is 0.600. The molecule has 2 aliphatic heterocycles. The second-order valence-electron chi connectivity index (χ2n) is 9.71. The summed E-state index contributed by atoms with van der Waals surface area (Å²) in [5.74, 6) is 0.135. The van der Waals surface area contributed by atoms with E-state index in [-0.39, 0.29) is 23.0 Å². The van der Waals surface area contributed by atoms with E-state index in [2.05, 4.69) is 14.9 Å². The van der Waals surface area contributed by atoms with E-state index < -0.39 is 0 Å². The molecule has 1 aliphatic carbocycles. The quantitative estimate of drug-likeness (QED) is 0.405. The first-order valence-corrected chi connectivity index (χ1v) is 12.5. The predicted molar refractivity (Wildman–Crippen MR) is 123 cm³/mol. The van der Waals surface area contributed by atoms with Crippen LogP contribution in [0, 0.1) is 11.1 Å². The van der Waals surface area contributed by atoms with Gasteiger partial charge in [0.1, 0.15) is 0 Å². The van der Waals surface area contributed by atoms with Crippen LogP contribution in [0.1, 0.15) is 77.0 Å². The molecule has 3 aliphatic rings. The Morgan fingerprint density at radius 2 is 1.55 bits per heavy atom. The summed E-state index contributed by atoms with van der Waals surface area (Å²) in [5.41, 5.74) is 0.770. The molecule has 33 heavy (non-hydrogen) atoms. The van der Waals surface area contributed by atoms with Crippen LogP contribution in [0.15, 0.2) is 24.3 Å². The molecule has 0 radical (unpaired) electrons. The van der Waals surface area contributed by atoms with Crippen molar-refractivity contribution in [2.24, 2.45) is 5.92 Å². The zero-order valence-electron chi connectivity index (χ0n) is 19.2. The first-order valence-electron chi connectivity index (χ1n) is 12.5. The third kappa shape index (κ3) is 4.59. The van der Waals surface area contributed by atoms with Gasteiger partial charge in [0.2, 0.25) is 17.3 Å². The summed E-state index contributed by atoms with van der Waals surface area (Å²) < 4.78 is 1.33. The summed E-state index contributed by atoms with van der Waals surface area (Å²) in [4.78, 5) is 31.2. The van der Waals surface area contributed by atoms with Crippen molar-refractivity contribution in [1.29, 1.82) is 0 Å². The highest BCUT2D eigenvalue weighted by atomic mass is 16.5. The number of ketones is 2. The molecule has 0 saturated carbocycles. The van der Waals surface area contributed by atoms with Crippen molar-refractivity contribution in [3.8, 4) is 0 Å². The van der Waals surface area contributed by atoms with Crippen LogP contribution in [0.5, 0.6) is 0 Å². The molecule has 2 saturated heterocycles. The first kappa shape index (κ1) is 22.2. The maximum Gasteiger partial charge on any atom is 0.220 e. The van der Waals surface area contributed by atoms with Crippen molar-refractivity contribution in [3.63, 3.8) is 0 Å². The van der Waals surface area contributed by atoms with Gasteiger partial charge in [-0.05, 0) is 77.2 Å². The van der Waals surface area contributed by atoms with Crippen LogP contribution in [0.2, 0.25) is 0 Å². The van der Waals surface area contributed by atoms with Crippen molar-refractivity contribution >= 4 is 11.6 Å². The van der Waals surface area contributed by atoms with Crippen molar-refractivity contribution in [2.75, 3.05) is 39.3 Å². The molecule has 176 valence electrons. The van der Waals surface area contributed by atoms with E-state index >= 15 is 0 Å². The molecule has 1 aromatic carbocycles. The minimum Gasteiger partial charge on any atom is -0.571 e. The summed E-state index contributed by atoms with van der Waals surface area (Å²) in [6, 6.07) is 6.70. The van der Waals surface area contributed by atoms with Crippen LogP contribution >= 0.6 is 0 Å². The number of hydrogen-bond acceptors (Lipinski definition) is 6. The molecular weight excluding hydrogens is 418 g/mol. The lowest BCUT2D eigenvalue weighted by Gasteiger charge is -2.32. The monoisotopic (exact) mass is 451 g/mol. The number of rotatable bonds is 7. The van der Waals surface area contributed by atoms with Gasteiger partial charge in [0.15, 0.2) is 5.69 Å². The second-order valence-corrected chi connectivity index (χ2v) is 9.71. The molecule has 3 heterocycles. The maximum atomic E-state index is 13.0. The SMILES string of the molecule is O=C1c2ccccc2C(=O)c2c1n[n+]([O-])n2CCN1CCC(CCCN2CCCCC2)CC1. The minimum atomic E-state index is -0.353. The van der Waals surface area contributed by atoms with Gasteiger partial charge < -0.3 is 15.0 Å². The van der Waals surface area contributed by atoms with Crippen LogP contribution in [0.25, 0.3) is 0 Å². The van der Waals surface area contributed by atoms with Crippen LogP contribution in [-0.2, 0) is 6.54 Å². The van der Waals surface area contributed by atoms with Crippen molar-refractivity contribution < 1.29 is 14.5 Å². The summed E-state index contributed by atoms with van der Waals surface area (Å²) in [5, 5.41) is 16.3. The number of benzene rings is 1. The molecule has 5 rings (SSSR count). The standard InChI is InChI=1S/C25H33N5O3/c31-24-20-8-2-3-9-21(20)25(32)23-22(24)26-30(33)29(23)18-17-28-15-10-19(11-16-28)7-6-14-27-12-4-1-5-13-27/h2-3,8-9,19H,1,4-7,10-18H2. The fourth-order valence-electron chi connectivity index (χ4n) is 5.63. The lowest BCUT2D eigenvalue weighted by molar-refractivity contribution is -0.749. The zero-order valence-corrected chi connectivity index (χ0v) is 19.2. The molecule has 0 amide bonds. The zero-order chi connectivity index (χ0) is 22.8. The fourth-order valence-corrected chi connectivity index (χ4v) is 5.63. The molecule has 8 heteroatoms. The van der Waals surface area contributed by atoms with E-state index in [4.69, 9.17) is 0 Å². The summed E-state index contributed by atoms with van der Waals surface area (Å²) in [6.45, 7) is 6.85. The van der Waals surface area contributed by atoms with Crippen LogP contribution in [0.4, 0.5) is 0 Å². The molecule has 0 N–H and O–H groups in total. The van der Waals surface area contributed by atoms with Gasteiger partial charge >= 0.3 is 0 Å². The van der Waals surface area contributed by atoms with Crippen LogP contribution in [-0.4, -0.2) is 70.4 Å². The predicted octanol–water partition coefficient (Wildman–Crippen LogP) is 2.27. The van der Waals surface area contributed by atoms with Crippen LogP contribution < -0.4 is 4.96 Å². The van der Waals surface area contributed by atoms with Gasteiger partial charge in [-0.1, -0.05) is 30.7 Å². The van der Waals surface area contributed by atoms with Gasteiger partial charge in [-0.2, -0.15) is 0 Å². The highest BCUT2D eigenvalue weighted by Gasteiger charge is 2.39. The molecule has 1 aromatic heterocycles. The Morgan fingerprint density at radius 1 is 0.879 bits per heavy atom. The second kappa shape index (κ2) is 9.73. The van der Waals surface area contributed by atoms with Crippen molar-refractivity contribution in [2.45, 2.75) is 51.5 Å². The average molecular weight is 452 g/mol. The molecule has 0 unspecified atom stereocenters. The molecule has 0 bridgehead atoms. The van der Waals surface area contributed by atoms with Gasteiger partial charge in [-0.3, -0.25) is 9.59 Å². The number of hydrogen-bond donors (Lipinski definition) is 0. The topological polar surface area (TPSA) is 85.4 Å². The first-order chi connectivity index (χ1) is 16.1. The summed E-state index contributed by atoms with van der Waals surface area (Å²) in [7, 11) is 0. The third-order valence-corrected chi connectivity index (χ3v) is 7.59. The van der Waals surface area contributed by atoms with E-state index in [9.17, 15) is 14.8 Å². The van der Waals surface area contributed by atoms with E-state index in [0.29, 0.717) is 29.2 Å². The Morgan fingerprint density at radius 3 is 2.27 bits per heavy atom. The number of likely N-dealkylation sites (tertiary alicyclic amines) is 2. The summed E-state index contributed by atoms with van der Waals surface area (Å²) >= 11 is 0. The lowest BCUT2D eigenvalue weighted by atomic mass is 9.90.